The molecule has 0 N–H and O–H groups in total. The summed E-state index contributed by atoms with van der Waals surface area (Å²) in [5, 5.41) is 4.37. The van der Waals surface area contributed by atoms with Gasteiger partial charge in [0, 0.05) is 37.3 Å². The summed E-state index contributed by atoms with van der Waals surface area (Å²) in [5.41, 5.74) is 0.662. The molecule has 0 unspecified atom stereocenters. The standard InChI is InChI=1S/C11H9N5O/c1-15-10(8-2-5-12-6-3-8)14-16-7-4-9(17)13-11(15)16/h2-7H,1H3. The molecule has 84 valence electrons. The average molecular weight is 227 g/mol. The molecule has 6 heteroatoms. The van der Waals surface area contributed by atoms with Crippen LogP contribution in [0.5, 0.6) is 0 Å². The van der Waals surface area contributed by atoms with Crippen molar-refractivity contribution in [2.24, 2.45) is 7.05 Å². The zero-order valence-electron chi connectivity index (χ0n) is 9.11. The first-order valence-corrected chi connectivity index (χ1v) is 5.08. The molecule has 0 amide bonds. The minimum atomic E-state index is -0.269. The highest BCUT2D eigenvalue weighted by Gasteiger charge is 2.09. The predicted octanol–water partition coefficient (Wildman–Crippen LogP) is 0.490. The fourth-order valence-corrected chi connectivity index (χ4v) is 1.71. The fraction of sp³-hybridized carbons (Fsp3) is 0.0909. The highest BCUT2D eigenvalue weighted by molar-refractivity contribution is 5.56. The number of aromatic nitrogens is 5. The molecular formula is C11H9N5O. The number of hydrogen-bond acceptors (Lipinski definition) is 4. The summed E-state index contributed by atoms with van der Waals surface area (Å²) in [4.78, 5) is 19.1. The summed E-state index contributed by atoms with van der Waals surface area (Å²) in [6, 6.07) is 5.11. The smallest absolute Gasteiger partial charge is 0.274 e. The summed E-state index contributed by atoms with van der Waals surface area (Å²) in [7, 11) is 1.82. The van der Waals surface area contributed by atoms with Gasteiger partial charge in [0.1, 0.15) is 0 Å². The molecule has 0 saturated carbocycles. The van der Waals surface area contributed by atoms with Crippen molar-refractivity contribution in [3.63, 3.8) is 0 Å². The Bertz CT molecular complexity index is 728. The second kappa shape index (κ2) is 3.51. The van der Waals surface area contributed by atoms with E-state index in [0.29, 0.717) is 5.78 Å². The van der Waals surface area contributed by atoms with Gasteiger partial charge in [0.25, 0.3) is 5.56 Å². The Morgan fingerprint density at radius 1 is 1.18 bits per heavy atom. The van der Waals surface area contributed by atoms with Gasteiger partial charge in [0.15, 0.2) is 5.82 Å². The minimum Gasteiger partial charge on any atom is -0.296 e. The number of rotatable bonds is 1. The van der Waals surface area contributed by atoms with Crippen LogP contribution in [0.25, 0.3) is 17.2 Å². The first kappa shape index (κ1) is 9.71. The van der Waals surface area contributed by atoms with Crippen LogP contribution in [0.4, 0.5) is 0 Å². The van der Waals surface area contributed by atoms with Crippen molar-refractivity contribution >= 4 is 5.78 Å². The summed E-state index contributed by atoms with van der Waals surface area (Å²) in [5.74, 6) is 1.26. The van der Waals surface area contributed by atoms with Gasteiger partial charge in [-0.3, -0.25) is 14.3 Å². The van der Waals surface area contributed by atoms with Gasteiger partial charge >= 0.3 is 0 Å². The lowest BCUT2D eigenvalue weighted by atomic mass is 10.2. The van der Waals surface area contributed by atoms with Gasteiger partial charge in [-0.2, -0.15) is 4.98 Å². The fourth-order valence-electron chi connectivity index (χ4n) is 1.71. The molecule has 3 heterocycles. The van der Waals surface area contributed by atoms with E-state index < -0.39 is 0 Å². The monoisotopic (exact) mass is 227 g/mol. The van der Waals surface area contributed by atoms with Crippen LogP contribution in [0.1, 0.15) is 0 Å². The maximum atomic E-state index is 11.2. The zero-order valence-corrected chi connectivity index (χ0v) is 9.11. The molecule has 0 aliphatic rings. The van der Waals surface area contributed by atoms with Crippen molar-refractivity contribution in [3.8, 4) is 11.4 Å². The Labute approximate surface area is 96.2 Å². The molecule has 3 aromatic rings. The Balaban J connectivity index is 2.32. The van der Waals surface area contributed by atoms with E-state index in [0.717, 1.165) is 11.4 Å². The first-order chi connectivity index (χ1) is 8.25. The van der Waals surface area contributed by atoms with Crippen LogP contribution in [0.15, 0.2) is 41.6 Å². The molecule has 0 aromatic carbocycles. The van der Waals surface area contributed by atoms with E-state index in [4.69, 9.17) is 0 Å². The Morgan fingerprint density at radius 3 is 2.71 bits per heavy atom. The molecule has 3 aromatic heterocycles. The Kier molecular flexibility index (Phi) is 2.01. The second-order valence-corrected chi connectivity index (χ2v) is 3.63. The van der Waals surface area contributed by atoms with Gasteiger partial charge in [0.2, 0.25) is 5.78 Å². The van der Waals surface area contributed by atoms with Crippen molar-refractivity contribution in [3.05, 3.63) is 47.1 Å². The first-order valence-electron chi connectivity index (χ1n) is 5.08. The third-order valence-corrected chi connectivity index (χ3v) is 2.53. The topological polar surface area (TPSA) is 65.1 Å². The van der Waals surface area contributed by atoms with Crippen LogP contribution in [-0.2, 0) is 7.05 Å². The van der Waals surface area contributed by atoms with E-state index in [1.165, 1.54) is 6.07 Å². The molecule has 0 aliphatic heterocycles. The molecule has 0 bridgehead atoms. The van der Waals surface area contributed by atoms with E-state index in [-0.39, 0.29) is 5.56 Å². The molecule has 0 spiro atoms. The Hall–Kier alpha value is -2.50. The van der Waals surface area contributed by atoms with Gasteiger partial charge in [-0.15, -0.1) is 5.10 Å². The maximum Gasteiger partial charge on any atom is 0.274 e. The number of pyridine rings is 1. The summed E-state index contributed by atoms with van der Waals surface area (Å²) in [6.45, 7) is 0. The average Bonchev–Trinajstić information content (AvgIpc) is 2.68. The SMILES string of the molecule is Cn1c(-c2ccncc2)nn2ccc(=O)nc12. The van der Waals surface area contributed by atoms with Crippen LogP contribution in [-0.4, -0.2) is 24.1 Å². The van der Waals surface area contributed by atoms with Crippen LogP contribution in [0.3, 0.4) is 0 Å². The number of nitrogens with zero attached hydrogens (tertiary/aromatic N) is 5. The molecule has 6 nitrogen and oxygen atoms in total. The van der Waals surface area contributed by atoms with Gasteiger partial charge in [-0.05, 0) is 12.1 Å². The van der Waals surface area contributed by atoms with Crippen LogP contribution < -0.4 is 5.56 Å². The summed E-state index contributed by atoms with van der Waals surface area (Å²) in [6.07, 6.45) is 5.01. The lowest BCUT2D eigenvalue weighted by Gasteiger charge is -1.98. The lowest BCUT2D eigenvalue weighted by molar-refractivity contribution is 0.910. The quantitative estimate of drug-likeness (QED) is 0.607. The molecule has 3 rings (SSSR count). The second-order valence-electron chi connectivity index (χ2n) is 3.63. The van der Waals surface area contributed by atoms with Crippen LogP contribution >= 0.6 is 0 Å². The number of hydrogen-bond donors (Lipinski definition) is 0. The normalized spacial score (nSPS) is 10.9. The molecule has 0 aliphatic carbocycles. The highest BCUT2D eigenvalue weighted by Crippen LogP contribution is 2.16. The van der Waals surface area contributed by atoms with E-state index >= 15 is 0 Å². The van der Waals surface area contributed by atoms with E-state index in [1.54, 1.807) is 27.7 Å². The van der Waals surface area contributed by atoms with E-state index in [9.17, 15) is 4.79 Å². The van der Waals surface area contributed by atoms with Crippen molar-refractivity contribution in [2.45, 2.75) is 0 Å². The molecule has 0 radical (unpaired) electrons. The molecule has 0 saturated heterocycles. The lowest BCUT2D eigenvalue weighted by Crippen LogP contribution is -2.08. The Morgan fingerprint density at radius 2 is 1.94 bits per heavy atom. The van der Waals surface area contributed by atoms with Crippen LogP contribution in [0.2, 0.25) is 0 Å². The van der Waals surface area contributed by atoms with E-state index in [1.807, 2.05) is 19.2 Å². The van der Waals surface area contributed by atoms with Crippen molar-refractivity contribution in [2.75, 3.05) is 0 Å². The number of aryl methyl sites for hydroxylation is 1. The molecule has 17 heavy (non-hydrogen) atoms. The van der Waals surface area contributed by atoms with Crippen LogP contribution in [0, 0.1) is 0 Å². The van der Waals surface area contributed by atoms with Gasteiger partial charge in [-0.1, -0.05) is 0 Å². The third-order valence-electron chi connectivity index (χ3n) is 2.53. The zero-order chi connectivity index (χ0) is 11.8. The number of fused-ring (bicyclic) bond motifs is 1. The molecule has 0 atom stereocenters. The van der Waals surface area contributed by atoms with Gasteiger partial charge in [-0.25, -0.2) is 4.52 Å². The highest BCUT2D eigenvalue weighted by atomic mass is 16.1. The van der Waals surface area contributed by atoms with Crippen molar-refractivity contribution in [1.29, 1.82) is 0 Å². The molecular weight excluding hydrogens is 218 g/mol. The van der Waals surface area contributed by atoms with Gasteiger partial charge in [0.05, 0.1) is 0 Å². The van der Waals surface area contributed by atoms with Crippen molar-refractivity contribution < 1.29 is 0 Å². The summed E-state index contributed by atoms with van der Waals surface area (Å²) >= 11 is 0. The third kappa shape index (κ3) is 1.50. The predicted molar refractivity (Wildman–Crippen MR) is 61.5 cm³/mol. The maximum absolute atomic E-state index is 11.2. The van der Waals surface area contributed by atoms with Crippen molar-refractivity contribution in [1.82, 2.24) is 24.1 Å². The summed E-state index contributed by atoms with van der Waals surface area (Å²) < 4.78 is 3.36. The van der Waals surface area contributed by atoms with Gasteiger partial charge < -0.3 is 0 Å². The van der Waals surface area contributed by atoms with E-state index in [2.05, 4.69) is 15.1 Å². The molecule has 0 fully saturated rings. The minimum absolute atomic E-state index is 0.269. The largest absolute Gasteiger partial charge is 0.296 e.